The lowest BCUT2D eigenvalue weighted by Crippen LogP contribution is -2.38. The second kappa shape index (κ2) is 6.92. The Labute approximate surface area is 120 Å². The van der Waals surface area contributed by atoms with Crippen LogP contribution in [0.3, 0.4) is 0 Å². The van der Waals surface area contributed by atoms with E-state index in [9.17, 15) is 5.11 Å². The Morgan fingerprint density at radius 3 is 2.40 bits per heavy atom. The first kappa shape index (κ1) is 15.1. The summed E-state index contributed by atoms with van der Waals surface area (Å²) in [7, 11) is 4.90. The fourth-order valence-electron chi connectivity index (χ4n) is 2.64. The first-order valence-electron chi connectivity index (χ1n) is 6.81. The average Bonchev–Trinajstić information content (AvgIpc) is 2.45. The van der Waals surface area contributed by atoms with Crippen molar-refractivity contribution in [3.63, 3.8) is 0 Å². The third kappa shape index (κ3) is 3.42. The number of aliphatic hydroxyl groups is 1. The van der Waals surface area contributed by atoms with E-state index in [1.165, 1.54) is 11.1 Å². The van der Waals surface area contributed by atoms with Crippen LogP contribution in [0, 0.1) is 0 Å². The molecule has 1 aromatic carbocycles. The van der Waals surface area contributed by atoms with E-state index in [-0.39, 0.29) is 0 Å². The van der Waals surface area contributed by atoms with E-state index in [4.69, 9.17) is 14.2 Å². The molecule has 0 amide bonds. The topological polar surface area (TPSA) is 51.2 Å². The lowest BCUT2D eigenvalue weighted by Gasteiger charge is -2.30. The fraction of sp³-hybridized carbons (Fsp3) is 0.600. The molecule has 1 atom stereocenters. The second-order valence-electron chi connectivity index (χ2n) is 5.07. The molecule has 20 heavy (non-hydrogen) atoms. The predicted molar refractivity (Wildman–Crippen MR) is 76.4 cm³/mol. The minimum Gasteiger partial charge on any atom is -0.493 e. The molecule has 1 N–H and O–H groups in total. The number of methoxy groups -OCH3 is 3. The number of aliphatic hydroxyl groups excluding tert-OH is 1. The van der Waals surface area contributed by atoms with E-state index in [0.29, 0.717) is 13.2 Å². The monoisotopic (exact) mass is 281 g/mol. The summed E-state index contributed by atoms with van der Waals surface area (Å²) in [5, 5.41) is 9.82. The smallest absolute Gasteiger partial charge is 0.161 e. The van der Waals surface area contributed by atoms with Crippen LogP contribution in [0.5, 0.6) is 11.5 Å². The van der Waals surface area contributed by atoms with Gasteiger partial charge in [0.25, 0.3) is 0 Å². The SMILES string of the molecule is COCC(O)CN1CCc2cc(OC)c(OC)cc2C1. The predicted octanol–water partition coefficient (Wildman–Crippen LogP) is 1.07. The molecule has 1 aromatic rings. The number of fused-ring (bicyclic) bond motifs is 1. The lowest BCUT2D eigenvalue weighted by molar-refractivity contribution is 0.0346. The van der Waals surface area contributed by atoms with Crippen LogP contribution >= 0.6 is 0 Å². The zero-order valence-electron chi connectivity index (χ0n) is 12.4. The third-order valence-corrected chi connectivity index (χ3v) is 3.63. The fourth-order valence-corrected chi connectivity index (χ4v) is 2.64. The van der Waals surface area contributed by atoms with Crippen molar-refractivity contribution in [1.29, 1.82) is 0 Å². The molecule has 2 rings (SSSR count). The number of hydrogen-bond acceptors (Lipinski definition) is 5. The first-order valence-corrected chi connectivity index (χ1v) is 6.81. The minimum absolute atomic E-state index is 0.370. The highest BCUT2D eigenvalue weighted by molar-refractivity contribution is 5.48. The van der Waals surface area contributed by atoms with Crippen LogP contribution in [0.25, 0.3) is 0 Å². The van der Waals surface area contributed by atoms with E-state index in [2.05, 4.69) is 11.0 Å². The van der Waals surface area contributed by atoms with E-state index >= 15 is 0 Å². The van der Waals surface area contributed by atoms with E-state index in [1.807, 2.05) is 6.07 Å². The molecule has 5 heteroatoms. The summed E-state index contributed by atoms with van der Waals surface area (Å²) in [6.07, 6.45) is 0.511. The first-order chi connectivity index (χ1) is 9.67. The zero-order chi connectivity index (χ0) is 14.5. The number of hydrogen-bond donors (Lipinski definition) is 1. The van der Waals surface area contributed by atoms with Gasteiger partial charge in [-0.25, -0.2) is 0 Å². The van der Waals surface area contributed by atoms with Crippen LogP contribution in [0.1, 0.15) is 11.1 Å². The normalized spacial score (nSPS) is 16.6. The van der Waals surface area contributed by atoms with Crippen molar-refractivity contribution < 1.29 is 19.3 Å². The Kier molecular flexibility index (Phi) is 5.23. The van der Waals surface area contributed by atoms with Gasteiger partial charge in [-0.1, -0.05) is 0 Å². The van der Waals surface area contributed by atoms with Crippen LogP contribution in [0.2, 0.25) is 0 Å². The summed E-state index contributed by atoms with van der Waals surface area (Å²) >= 11 is 0. The van der Waals surface area contributed by atoms with Crippen LogP contribution < -0.4 is 9.47 Å². The molecule has 0 fully saturated rings. The third-order valence-electron chi connectivity index (χ3n) is 3.63. The summed E-state index contributed by atoms with van der Waals surface area (Å²) in [5.74, 6) is 1.53. The highest BCUT2D eigenvalue weighted by atomic mass is 16.5. The molecule has 112 valence electrons. The largest absolute Gasteiger partial charge is 0.493 e. The van der Waals surface area contributed by atoms with Crippen molar-refractivity contribution in [2.24, 2.45) is 0 Å². The van der Waals surface area contributed by atoms with Crippen molar-refractivity contribution in [1.82, 2.24) is 4.90 Å². The molecule has 1 aliphatic heterocycles. The molecule has 0 saturated carbocycles. The highest BCUT2D eigenvalue weighted by Crippen LogP contribution is 2.33. The van der Waals surface area contributed by atoms with Crippen molar-refractivity contribution in [2.45, 2.75) is 19.1 Å². The van der Waals surface area contributed by atoms with Crippen molar-refractivity contribution in [2.75, 3.05) is 41.0 Å². The molecule has 5 nitrogen and oxygen atoms in total. The maximum absolute atomic E-state index is 9.82. The van der Waals surface area contributed by atoms with Gasteiger partial charge >= 0.3 is 0 Å². The molecule has 0 bridgehead atoms. The van der Waals surface area contributed by atoms with Gasteiger partial charge in [-0.2, -0.15) is 0 Å². The summed E-state index contributed by atoms with van der Waals surface area (Å²) in [6, 6.07) is 4.08. The number of ether oxygens (including phenoxy) is 3. The van der Waals surface area contributed by atoms with Crippen molar-refractivity contribution >= 4 is 0 Å². The van der Waals surface area contributed by atoms with Gasteiger partial charge in [-0.15, -0.1) is 0 Å². The average molecular weight is 281 g/mol. The van der Waals surface area contributed by atoms with E-state index in [1.54, 1.807) is 21.3 Å². The van der Waals surface area contributed by atoms with Gasteiger partial charge in [0.2, 0.25) is 0 Å². The van der Waals surface area contributed by atoms with Crippen LogP contribution in [-0.2, 0) is 17.7 Å². The molecule has 0 aliphatic carbocycles. The van der Waals surface area contributed by atoms with Gasteiger partial charge in [0.15, 0.2) is 11.5 Å². The number of rotatable bonds is 6. The van der Waals surface area contributed by atoms with Crippen LogP contribution in [0.4, 0.5) is 0 Å². The molecular weight excluding hydrogens is 258 g/mol. The molecular formula is C15H23NO4. The Morgan fingerprint density at radius 1 is 1.15 bits per heavy atom. The van der Waals surface area contributed by atoms with Crippen LogP contribution in [0.15, 0.2) is 12.1 Å². The summed E-state index contributed by atoms with van der Waals surface area (Å²) in [4.78, 5) is 2.23. The van der Waals surface area contributed by atoms with Crippen molar-refractivity contribution in [3.05, 3.63) is 23.3 Å². The molecule has 0 spiro atoms. The zero-order valence-corrected chi connectivity index (χ0v) is 12.4. The Hall–Kier alpha value is -1.30. The summed E-state index contributed by atoms with van der Waals surface area (Å²) in [5.41, 5.74) is 2.53. The maximum Gasteiger partial charge on any atom is 0.161 e. The van der Waals surface area contributed by atoms with E-state index in [0.717, 1.165) is 31.0 Å². The molecule has 0 radical (unpaired) electrons. The molecule has 0 aromatic heterocycles. The molecule has 1 unspecified atom stereocenters. The number of nitrogens with zero attached hydrogens (tertiary/aromatic N) is 1. The van der Waals surface area contributed by atoms with E-state index < -0.39 is 6.10 Å². The Morgan fingerprint density at radius 2 is 1.80 bits per heavy atom. The van der Waals surface area contributed by atoms with Gasteiger partial charge in [-0.3, -0.25) is 4.90 Å². The summed E-state index contributed by atoms with van der Waals surface area (Å²) < 4.78 is 15.6. The quantitative estimate of drug-likeness (QED) is 0.845. The van der Waals surface area contributed by atoms with Gasteiger partial charge in [0.1, 0.15) is 0 Å². The number of β-amino-alcohol motifs (C(OH)–C–C–N with tert-alkyl or cyclic N) is 1. The Bertz CT molecular complexity index is 450. The standard InChI is InChI=1S/C15H23NO4/c1-18-10-13(17)9-16-5-4-11-6-14(19-2)15(20-3)7-12(11)8-16/h6-7,13,17H,4-5,8-10H2,1-3H3. The summed E-state index contributed by atoms with van der Waals surface area (Å²) in [6.45, 7) is 2.75. The van der Waals surface area contributed by atoms with Gasteiger partial charge in [0.05, 0.1) is 26.9 Å². The van der Waals surface area contributed by atoms with Gasteiger partial charge in [0, 0.05) is 26.7 Å². The van der Waals surface area contributed by atoms with Gasteiger partial charge < -0.3 is 19.3 Å². The van der Waals surface area contributed by atoms with Gasteiger partial charge in [-0.05, 0) is 29.7 Å². The number of benzene rings is 1. The highest BCUT2D eigenvalue weighted by Gasteiger charge is 2.21. The minimum atomic E-state index is -0.443. The lowest BCUT2D eigenvalue weighted by atomic mass is 9.98. The second-order valence-corrected chi connectivity index (χ2v) is 5.07. The van der Waals surface area contributed by atoms with Crippen LogP contribution in [-0.4, -0.2) is 57.1 Å². The Balaban J connectivity index is 2.09. The van der Waals surface area contributed by atoms with Crippen molar-refractivity contribution in [3.8, 4) is 11.5 Å². The molecule has 0 saturated heterocycles. The molecule has 1 aliphatic rings. The maximum atomic E-state index is 9.82. The molecule has 1 heterocycles.